The van der Waals surface area contributed by atoms with Gasteiger partial charge >= 0.3 is 0 Å². The molecule has 1 fully saturated rings. The zero-order chi connectivity index (χ0) is 30.1. The quantitative estimate of drug-likeness (QED) is 0.279. The maximum Gasteiger partial charge on any atom is 0.255 e. The van der Waals surface area contributed by atoms with Gasteiger partial charge in [-0.05, 0) is 49.9 Å². The number of carbonyl (C=O) groups is 3. The number of amides is 1. The van der Waals surface area contributed by atoms with E-state index in [1.165, 1.54) is 4.90 Å². The van der Waals surface area contributed by atoms with Crippen LogP contribution in [0.4, 0.5) is 5.69 Å². The van der Waals surface area contributed by atoms with Crippen LogP contribution in [0.2, 0.25) is 0 Å². The first-order valence-corrected chi connectivity index (χ1v) is 13.3. The second-order valence-corrected chi connectivity index (χ2v) is 12.8. The fourth-order valence-corrected chi connectivity index (χ4v) is 6.45. The third-order valence-corrected chi connectivity index (χ3v) is 8.23. The number of fused-ring (bicyclic) bond motifs is 3. The van der Waals surface area contributed by atoms with E-state index in [2.05, 4.69) is 26.1 Å². The molecule has 218 valence electrons. The summed E-state index contributed by atoms with van der Waals surface area (Å²) in [7, 11) is 6.84. The topological polar surface area (TPSA) is 177 Å². The van der Waals surface area contributed by atoms with Crippen LogP contribution in [0.1, 0.15) is 43.9 Å². The lowest BCUT2D eigenvalue weighted by Gasteiger charge is -2.50. The van der Waals surface area contributed by atoms with Crippen LogP contribution in [0.5, 0.6) is 5.75 Å². The van der Waals surface area contributed by atoms with Gasteiger partial charge in [-0.25, -0.2) is 0 Å². The lowest BCUT2D eigenvalue weighted by molar-refractivity contribution is -0.153. The van der Waals surface area contributed by atoms with Crippen molar-refractivity contribution in [2.45, 2.75) is 51.8 Å². The van der Waals surface area contributed by atoms with Gasteiger partial charge in [-0.3, -0.25) is 19.3 Å². The molecule has 1 aromatic carbocycles. The van der Waals surface area contributed by atoms with Crippen LogP contribution >= 0.6 is 0 Å². The summed E-state index contributed by atoms with van der Waals surface area (Å²) in [4.78, 5) is 42.8. The molecule has 4 rings (SSSR count). The molecule has 11 nitrogen and oxygen atoms in total. The Hall–Kier alpha value is -3.41. The molecule has 7 N–H and O–H groups in total. The molecule has 3 aliphatic rings. The number of nitrogens with zero attached hydrogens (tertiary/aromatic N) is 2. The van der Waals surface area contributed by atoms with E-state index in [9.17, 15) is 34.8 Å². The van der Waals surface area contributed by atoms with Crippen molar-refractivity contribution in [2.24, 2.45) is 23.0 Å². The number of phenolic OH excluding ortho intramolecular Hbond substituents is 1. The third-order valence-electron chi connectivity index (χ3n) is 8.23. The van der Waals surface area contributed by atoms with E-state index >= 15 is 0 Å². The highest BCUT2D eigenvalue weighted by Gasteiger charge is 2.64. The monoisotopic (exact) mass is 556 g/mol. The molecular formula is C29H40N4O7. The van der Waals surface area contributed by atoms with Gasteiger partial charge in [0, 0.05) is 49.9 Å². The average molecular weight is 557 g/mol. The molecule has 0 radical (unpaired) electrons. The molecule has 0 spiro atoms. The summed E-state index contributed by atoms with van der Waals surface area (Å²) >= 11 is 0. The number of Topliss-reactive ketones (excluding diaryl/α,β-unsaturated/α-hetero) is 2. The van der Waals surface area contributed by atoms with Crippen molar-refractivity contribution in [3.63, 3.8) is 0 Å². The largest absolute Gasteiger partial charge is 0.508 e. The van der Waals surface area contributed by atoms with Crippen molar-refractivity contribution in [1.82, 2.24) is 10.2 Å². The number of aliphatic hydroxyl groups is 3. The minimum absolute atomic E-state index is 0.00285. The fourth-order valence-electron chi connectivity index (χ4n) is 6.45. The molecule has 40 heavy (non-hydrogen) atoms. The summed E-state index contributed by atoms with van der Waals surface area (Å²) in [5.74, 6) is -6.55. The molecule has 3 unspecified atom stereocenters. The third kappa shape index (κ3) is 4.46. The summed E-state index contributed by atoms with van der Waals surface area (Å²) in [5.41, 5.74) is 3.73. The van der Waals surface area contributed by atoms with Crippen LogP contribution in [-0.4, -0.2) is 89.2 Å². The van der Waals surface area contributed by atoms with E-state index in [0.29, 0.717) is 24.2 Å². The van der Waals surface area contributed by atoms with E-state index in [1.54, 1.807) is 14.1 Å². The Morgan fingerprint density at radius 3 is 2.30 bits per heavy atom. The van der Waals surface area contributed by atoms with E-state index < -0.39 is 58.0 Å². The Bertz CT molecular complexity index is 1350. The van der Waals surface area contributed by atoms with Gasteiger partial charge in [-0.2, -0.15) is 0 Å². The van der Waals surface area contributed by atoms with Gasteiger partial charge in [0.25, 0.3) is 5.91 Å². The highest BCUT2D eigenvalue weighted by molar-refractivity contribution is 6.24. The Labute approximate surface area is 233 Å². The van der Waals surface area contributed by atoms with Gasteiger partial charge in [0.15, 0.2) is 11.4 Å². The number of aromatic hydroxyl groups is 1. The summed E-state index contributed by atoms with van der Waals surface area (Å²) < 4.78 is 0. The number of phenols is 1. The fraction of sp³-hybridized carbons (Fsp3) is 0.552. The molecule has 0 aliphatic heterocycles. The first-order valence-electron chi connectivity index (χ1n) is 13.3. The number of anilines is 1. The molecule has 0 heterocycles. The van der Waals surface area contributed by atoms with E-state index in [0.717, 1.165) is 5.69 Å². The number of hydrogen-bond acceptors (Lipinski definition) is 10. The Morgan fingerprint density at radius 2 is 1.77 bits per heavy atom. The van der Waals surface area contributed by atoms with Crippen LogP contribution < -0.4 is 16.0 Å². The predicted molar refractivity (Wildman–Crippen MR) is 150 cm³/mol. The molecule has 1 aromatic rings. The highest BCUT2D eigenvalue weighted by atomic mass is 16.3. The van der Waals surface area contributed by atoms with Crippen molar-refractivity contribution >= 4 is 28.9 Å². The SMILES string of the molecule is CN(C)c1cc(CNCC(C)(C)C)c(O)c2c1CC1CC3C(N(C)C)C(=O)C(C(N)=O)=C(O)[C@@]3(O)C(=O)C1=C2O. The van der Waals surface area contributed by atoms with Gasteiger partial charge in [-0.15, -0.1) is 0 Å². The number of rotatable bonds is 6. The van der Waals surface area contributed by atoms with E-state index in [-0.39, 0.29) is 35.1 Å². The number of hydrogen-bond donors (Lipinski definition) is 6. The Morgan fingerprint density at radius 1 is 1.15 bits per heavy atom. The number of ketones is 2. The summed E-state index contributed by atoms with van der Waals surface area (Å²) in [6, 6.07) is 0.735. The molecule has 11 heteroatoms. The standard InChI is InChI=1S/C29H40N4O7/c1-28(2,3)12-31-11-14-10-17(32(4)5)15-8-13-9-16-21(33(6)7)24(36)20(27(30)39)26(38)29(16,40)25(37)18(13)23(35)19(15)22(14)34/h10,13,16,21,31,34-35,38,40H,8-9,11-12H2,1-7H3,(H2,30,39)/t13?,16?,21?,29-/m0/s1. The summed E-state index contributed by atoms with van der Waals surface area (Å²) in [6.45, 7) is 7.21. The molecular weight excluding hydrogens is 516 g/mol. The lowest BCUT2D eigenvalue weighted by atomic mass is 9.57. The number of aliphatic hydroxyl groups excluding tert-OH is 2. The average Bonchev–Trinajstić information content (AvgIpc) is 2.81. The molecule has 0 saturated heterocycles. The number of primary amides is 1. The number of benzene rings is 1. The van der Waals surface area contributed by atoms with Crippen LogP contribution in [-0.2, 0) is 27.3 Å². The first kappa shape index (κ1) is 29.6. The lowest BCUT2D eigenvalue weighted by Crippen LogP contribution is -2.65. The van der Waals surface area contributed by atoms with Crippen molar-refractivity contribution in [3.8, 4) is 5.75 Å². The maximum absolute atomic E-state index is 14.0. The number of carbonyl (C=O) groups excluding carboxylic acids is 3. The van der Waals surface area contributed by atoms with Gasteiger partial charge in [0.1, 0.15) is 22.8 Å². The second-order valence-electron chi connectivity index (χ2n) is 12.8. The predicted octanol–water partition coefficient (Wildman–Crippen LogP) is 1.17. The summed E-state index contributed by atoms with van der Waals surface area (Å²) in [6.07, 6.45) is 0.291. The smallest absolute Gasteiger partial charge is 0.255 e. The summed E-state index contributed by atoms with van der Waals surface area (Å²) in [5, 5.41) is 49.0. The maximum atomic E-state index is 14.0. The van der Waals surface area contributed by atoms with Crippen molar-refractivity contribution < 1.29 is 34.8 Å². The van der Waals surface area contributed by atoms with Gasteiger partial charge in [0.05, 0.1) is 11.6 Å². The van der Waals surface area contributed by atoms with Gasteiger partial charge in [-0.1, -0.05) is 20.8 Å². The zero-order valence-electron chi connectivity index (χ0n) is 24.1. The molecule has 1 saturated carbocycles. The first-order chi connectivity index (χ1) is 18.4. The molecule has 0 aromatic heterocycles. The molecule has 1 amide bonds. The van der Waals surface area contributed by atoms with E-state index in [1.807, 2.05) is 25.1 Å². The van der Waals surface area contributed by atoms with Crippen molar-refractivity contribution in [2.75, 3.05) is 39.6 Å². The normalized spacial score (nSPS) is 26.6. The van der Waals surface area contributed by atoms with Crippen LogP contribution in [0, 0.1) is 17.3 Å². The number of nitrogens with two attached hydrogens (primary N) is 1. The van der Waals surface area contributed by atoms with Crippen molar-refractivity contribution in [3.05, 3.63) is 39.7 Å². The van der Waals surface area contributed by atoms with Crippen molar-refractivity contribution in [1.29, 1.82) is 0 Å². The van der Waals surface area contributed by atoms with Crippen LogP contribution in [0.3, 0.4) is 0 Å². The molecule has 4 atom stereocenters. The van der Waals surface area contributed by atoms with Crippen LogP contribution in [0.15, 0.2) is 23.0 Å². The van der Waals surface area contributed by atoms with Crippen LogP contribution in [0.25, 0.3) is 5.76 Å². The Kier molecular flexibility index (Phi) is 7.32. The highest BCUT2D eigenvalue weighted by Crippen LogP contribution is 2.54. The minimum Gasteiger partial charge on any atom is -0.508 e. The minimum atomic E-state index is -2.66. The zero-order valence-corrected chi connectivity index (χ0v) is 24.1. The van der Waals surface area contributed by atoms with E-state index in [4.69, 9.17) is 5.73 Å². The van der Waals surface area contributed by atoms with Gasteiger partial charge in [0.2, 0.25) is 5.78 Å². The second kappa shape index (κ2) is 9.90. The Balaban J connectivity index is 1.91. The number of likely N-dealkylation sites (N-methyl/N-ethyl adjacent to an activating group) is 1. The molecule has 3 aliphatic carbocycles. The molecule has 0 bridgehead atoms. The van der Waals surface area contributed by atoms with Gasteiger partial charge < -0.3 is 36.4 Å². The number of nitrogens with one attached hydrogen (secondary N) is 1.